The summed E-state index contributed by atoms with van der Waals surface area (Å²) in [4.78, 5) is 7.41. The molecule has 5 nitrogen and oxygen atoms in total. The van der Waals surface area contributed by atoms with Gasteiger partial charge >= 0.3 is 6.18 Å². The van der Waals surface area contributed by atoms with Gasteiger partial charge in [0.15, 0.2) is 23.3 Å². The van der Waals surface area contributed by atoms with Gasteiger partial charge in [-0.05, 0) is 12.1 Å². The summed E-state index contributed by atoms with van der Waals surface area (Å²) in [5.74, 6) is -1.45. The average Bonchev–Trinajstić information content (AvgIpc) is 3.06. The van der Waals surface area contributed by atoms with Gasteiger partial charge in [0.05, 0.1) is 13.1 Å². The first-order valence-corrected chi connectivity index (χ1v) is 8.21. The number of rotatable bonds is 6. The Labute approximate surface area is 173 Å². The minimum atomic E-state index is -4.47. The fourth-order valence-corrected chi connectivity index (χ4v) is 2.55. The second kappa shape index (κ2) is 10.6. The second-order valence-electron chi connectivity index (χ2n) is 4.90. The van der Waals surface area contributed by atoms with Crippen molar-refractivity contribution in [2.75, 3.05) is 20.2 Å². The van der Waals surface area contributed by atoms with Crippen LogP contribution >= 0.6 is 35.3 Å². The molecule has 2 rings (SSSR count). The molecule has 1 aromatic heterocycles. The van der Waals surface area contributed by atoms with E-state index in [-0.39, 0.29) is 54.4 Å². The molecule has 12 heteroatoms. The van der Waals surface area contributed by atoms with E-state index in [0.29, 0.717) is 5.96 Å². The van der Waals surface area contributed by atoms with E-state index in [4.69, 9.17) is 4.74 Å². The lowest BCUT2D eigenvalue weighted by Gasteiger charge is -2.12. The summed E-state index contributed by atoms with van der Waals surface area (Å²) in [5.41, 5.74) is -0.929. The third kappa shape index (κ3) is 7.44. The van der Waals surface area contributed by atoms with Crippen molar-refractivity contribution in [3.63, 3.8) is 0 Å². The zero-order chi connectivity index (χ0) is 19.2. The molecule has 0 bridgehead atoms. The molecule has 0 amide bonds. The fraction of sp³-hybridized carbons (Fsp3) is 0.333. The van der Waals surface area contributed by atoms with Gasteiger partial charge in [-0.3, -0.25) is 4.99 Å². The molecule has 0 aliphatic rings. The summed E-state index contributed by atoms with van der Waals surface area (Å²) in [6.45, 7) is 0.496. The van der Waals surface area contributed by atoms with E-state index >= 15 is 0 Å². The van der Waals surface area contributed by atoms with Gasteiger partial charge in [0, 0.05) is 18.5 Å². The summed E-state index contributed by atoms with van der Waals surface area (Å²) in [6, 6.07) is 3.19. The van der Waals surface area contributed by atoms with Crippen molar-refractivity contribution in [3.05, 3.63) is 45.9 Å². The monoisotopic (exact) mass is 522 g/mol. The van der Waals surface area contributed by atoms with Crippen LogP contribution in [0.1, 0.15) is 10.7 Å². The number of nitrogens with zero attached hydrogens (tertiary/aromatic N) is 2. The molecule has 27 heavy (non-hydrogen) atoms. The quantitative estimate of drug-likeness (QED) is 0.199. The molecule has 0 atom stereocenters. The molecule has 0 aliphatic heterocycles. The highest BCUT2D eigenvalue weighted by Crippen LogP contribution is 2.29. The molecule has 0 saturated carbocycles. The molecule has 1 aromatic carbocycles. The zero-order valence-corrected chi connectivity index (χ0v) is 17.1. The molecule has 150 valence electrons. The molecule has 2 aromatic rings. The number of aliphatic imine (C=N–C) groups is 1. The van der Waals surface area contributed by atoms with Gasteiger partial charge in [-0.25, -0.2) is 13.8 Å². The molecule has 2 N–H and O–H groups in total. The second-order valence-corrected chi connectivity index (χ2v) is 5.84. The van der Waals surface area contributed by atoms with Gasteiger partial charge < -0.3 is 15.4 Å². The van der Waals surface area contributed by atoms with Crippen molar-refractivity contribution in [3.8, 4) is 5.75 Å². The normalized spacial score (nSPS) is 11.7. The number of ether oxygens (including phenoxy) is 1. The van der Waals surface area contributed by atoms with Crippen molar-refractivity contribution in [1.82, 2.24) is 15.6 Å². The number of guanidine groups is 1. The van der Waals surface area contributed by atoms with Crippen LogP contribution in [-0.4, -0.2) is 31.1 Å². The Kier molecular flexibility index (Phi) is 9.15. The van der Waals surface area contributed by atoms with E-state index in [2.05, 4.69) is 20.6 Å². The molecule has 0 aliphatic carbocycles. The van der Waals surface area contributed by atoms with E-state index in [9.17, 15) is 22.0 Å². The fourth-order valence-electron chi connectivity index (χ4n) is 1.81. The lowest BCUT2D eigenvalue weighted by Crippen LogP contribution is -2.38. The number of benzene rings is 1. The van der Waals surface area contributed by atoms with Crippen molar-refractivity contribution in [2.45, 2.75) is 12.7 Å². The summed E-state index contributed by atoms with van der Waals surface area (Å²) >= 11 is 0.890. The van der Waals surface area contributed by atoms with Crippen LogP contribution in [0.25, 0.3) is 0 Å². The highest BCUT2D eigenvalue weighted by Gasteiger charge is 2.33. The number of nitrogens with one attached hydrogen (secondary N) is 2. The molecule has 0 unspecified atom stereocenters. The van der Waals surface area contributed by atoms with Gasteiger partial charge in [-0.2, -0.15) is 13.2 Å². The molecule has 0 radical (unpaired) electrons. The first kappa shape index (κ1) is 23.3. The Morgan fingerprint density at radius 3 is 2.56 bits per heavy atom. The largest absolute Gasteiger partial charge is 0.492 e. The smallest absolute Gasteiger partial charge is 0.434 e. The Hall–Kier alpha value is -1.70. The van der Waals surface area contributed by atoms with Crippen LogP contribution in [0.4, 0.5) is 22.0 Å². The zero-order valence-electron chi connectivity index (χ0n) is 13.9. The first-order valence-electron chi connectivity index (χ1n) is 7.33. The maximum absolute atomic E-state index is 13.0. The van der Waals surface area contributed by atoms with Gasteiger partial charge in [-0.15, -0.1) is 35.3 Å². The van der Waals surface area contributed by atoms with Gasteiger partial charge in [-0.1, -0.05) is 0 Å². The Balaban J connectivity index is 0.00000364. The van der Waals surface area contributed by atoms with E-state index in [1.165, 1.54) is 13.1 Å². The molecular formula is C15H16F5IN4OS. The van der Waals surface area contributed by atoms with Crippen LogP contribution in [0, 0.1) is 11.6 Å². The number of hydrogen-bond acceptors (Lipinski definition) is 4. The lowest BCUT2D eigenvalue weighted by molar-refractivity contribution is -0.140. The average molecular weight is 522 g/mol. The predicted octanol–water partition coefficient (Wildman–Crippen LogP) is 3.80. The van der Waals surface area contributed by atoms with Crippen LogP contribution < -0.4 is 15.4 Å². The number of hydrogen-bond donors (Lipinski definition) is 2. The number of halogens is 6. The van der Waals surface area contributed by atoms with E-state index in [1.807, 2.05) is 0 Å². The Bertz CT molecular complexity index is 769. The molecule has 0 fully saturated rings. The summed E-state index contributed by atoms with van der Waals surface area (Å²) in [6.07, 6.45) is -4.47. The standard InChI is InChI=1S/C15H15F5N4OS.HI/c1-21-14(23-7-13-24-12(8-26-13)15(18,19)20)22-4-5-25-9-2-3-10(16)11(17)6-9;/h2-3,6,8H,4-5,7H2,1H3,(H2,21,22,23);1H. The van der Waals surface area contributed by atoms with Gasteiger partial charge in [0.1, 0.15) is 17.4 Å². The van der Waals surface area contributed by atoms with Gasteiger partial charge in [0.25, 0.3) is 0 Å². The van der Waals surface area contributed by atoms with Crippen LogP contribution in [-0.2, 0) is 12.7 Å². The van der Waals surface area contributed by atoms with Crippen molar-refractivity contribution in [1.29, 1.82) is 0 Å². The highest BCUT2D eigenvalue weighted by atomic mass is 127. The first-order chi connectivity index (χ1) is 12.3. The SMILES string of the molecule is CN=C(NCCOc1ccc(F)c(F)c1)NCc1nc(C(F)(F)F)cs1.I. The van der Waals surface area contributed by atoms with Crippen molar-refractivity contribution < 1.29 is 26.7 Å². The molecule has 1 heterocycles. The topological polar surface area (TPSA) is 58.5 Å². The Morgan fingerprint density at radius 1 is 1.22 bits per heavy atom. The highest BCUT2D eigenvalue weighted by molar-refractivity contribution is 14.0. The Morgan fingerprint density at radius 2 is 1.96 bits per heavy atom. The minimum Gasteiger partial charge on any atom is -0.492 e. The third-order valence-electron chi connectivity index (χ3n) is 3.03. The number of aromatic nitrogens is 1. The lowest BCUT2D eigenvalue weighted by atomic mass is 10.3. The summed E-state index contributed by atoms with van der Waals surface area (Å²) < 4.78 is 68.5. The maximum Gasteiger partial charge on any atom is 0.434 e. The van der Waals surface area contributed by atoms with Crippen LogP contribution in [0.2, 0.25) is 0 Å². The van der Waals surface area contributed by atoms with Crippen LogP contribution in [0.15, 0.2) is 28.6 Å². The third-order valence-corrected chi connectivity index (χ3v) is 3.88. The molecular weight excluding hydrogens is 506 g/mol. The number of alkyl halides is 3. The van der Waals surface area contributed by atoms with Crippen LogP contribution in [0.5, 0.6) is 5.75 Å². The summed E-state index contributed by atoms with van der Waals surface area (Å²) in [7, 11) is 1.49. The minimum absolute atomic E-state index is 0. The molecule has 0 saturated heterocycles. The van der Waals surface area contributed by atoms with Crippen molar-refractivity contribution in [2.24, 2.45) is 4.99 Å². The summed E-state index contributed by atoms with van der Waals surface area (Å²) in [5, 5.41) is 6.90. The predicted molar refractivity (Wildman–Crippen MR) is 103 cm³/mol. The maximum atomic E-state index is 13.0. The van der Waals surface area contributed by atoms with Gasteiger partial charge in [0.2, 0.25) is 0 Å². The van der Waals surface area contributed by atoms with Crippen LogP contribution in [0.3, 0.4) is 0 Å². The number of thiazole rings is 1. The van der Waals surface area contributed by atoms with E-state index in [1.54, 1.807) is 0 Å². The van der Waals surface area contributed by atoms with E-state index in [0.717, 1.165) is 28.8 Å². The molecule has 0 spiro atoms. The van der Waals surface area contributed by atoms with Crippen molar-refractivity contribution >= 4 is 41.3 Å². The van der Waals surface area contributed by atoms with E-state index < -0.39 is 23.5 Å².